The molecule has 180 valence electrons. The van der Waals surface area contributed by atoms with Crippen LogP contribution < -0.4 is 5.32 Å². The number of rotatable bonds is 5. The topological polar surface area (TPSA) is 79.5 Å². The highest BCUT2D eigenvalue weighted by Gasteiger charge is 2.30. The van der Waals surface area contributed by atoms with Gasteiger partial charge >= 0.3 is 6.18 Å². The quantitative estimate of drug-likeness (QED) is 0.326. The van der Waals surface area contributed by atoms with Crippen molar-refractivity contribution in [2.45, 2.75) is 12.8 Å². The molecule has 5 aromatic rings. The van der Waals surface area contributed by atoms with E-state index in [2.05, 4.69) is 15.4 Å². The Morgan fingerprint density at radius 3 is 2.53 bits per heavy atom. The molecule has 0 spiro atoms. The Hall–Kier alpha value is -4.50. The van der Waals surface area contributed by atoms with Crippen LogP contribution in [0.15, 0.2) is 91.3 Å². The second kappa shape index (κ2) is 9.27. The van der Waals surface area contributed by atoms with E-state index in [1.165, 1.54) is 12.1 Å². The number of nitrogens with one attached hydrogen (secondary N) is 1. The summed E-state index contributed by atoms with van der Waals surface area (Å²) in [6.07, 6.45) is -1.19. The maximum atomic E-state index is 13.0. The number of alkyl halides is 3. The maximum absolute atomic E-state index is 13.0. The fourth-order valence-corrected chi connectivity index (χ4v) is 3.95. The lowest BCUT2D eigenvalue weighted by atomic mass is 10.1. The van der Waals surface area contributed by atoms with Crippen molar-refractivity contribution in [2.24, 2.45) is 0 Å². The summed E-state index contributed by atoms with van der Waals surface area (Å²) in [5.74, 6) is -0.650. The normalized spacial score (nSPS) is 11.6. The number of aliphatic hydroxyl groups is 1. The van der Waals surface area contributed by atoms with Crippen LogP contribution in [0.4, 0.5) is 18.9 Å². The number of benzene rings is 3. The molecule has 0 saturated carbocycles. The van der Waals surface area contributed by atoms with Crippen molar-refractivity contribution in [3.8, 4) is 22.4 Å². The molecule has 0 aliphatic carbocycles. The first-order valence-corrected chi connectivity index (χ1v) is 11.0. The van der Waals surface area contributed by atoms with Gasteiger partial charge in [0.05, 0.1) is 24.1 Å². The van der Waals surface area contributed by atoms with E-state index in [-0.39, 0.29) is 12.2 Å². The number of hydrogen-bond donors (Lipinski definition) is 2. The molecule has 0 aliphatic rings. The summed E-state index contributed by atoms with van der Waals surface area (Å²) in [4.78, 5) is 17.1. The van der Waals surface area contributed by atoms with Crippen molar-refractivity contribution in [1.82, 2.24) is 14.6 Å². The van der Waals surface area contributed by atoms with Crippen molar-refractivity contribution in [1.29, 1.82) is 0 Å². The fraction of sp³-hybridized carbons (Fsp3) is 0.0741. The minimum atomic E-state index is -4.54. The summed E-state index contributed by atoms with van der Waals surface area (Å²) >= 11 is 0. The first kappa shape index (κ1) is 23.3. The molecule has 0 fully saturated rings. The third-order valence-electron chi connectivity index (χ3n) is 5.69. The Bertz CT molecular complexity index is 1580. The van der Waals surface area contributed by atoms with E-state index in [1.54, 1.807) is 41.2 Å². The van der Waals surface area contributed by atoms with Gasteiger partial charge in [-0.25, -0.2) is 9.50 Å². The third-order valence-corrected chi connectivity index (χ3v) is 5.69. The number of anilines is 1. The Morgan fingerprint density at radius 1 is 0.944 bits per heavy atom. The van der Waals surface area contributed by atoms with Crippen LogP contribution in [0.3, 0.4) is 0 Å². The van der Waals surface area contributed by atoms with Crippen molar-refractivity contribution < 1.29 is 23.1 Å². The zero-order chi connectivity index (χ0) is 25.3. The lowest BCUT2D eigenvalue weighted by molar-refractivity contribution is -0.137. The monoisotopic (exact) mass is 488 g/mol. The second-order valence-electron chi connectivity index (χ2n) is 8.10. The van der Waals surface area contributed by atoms with E-state index in [9.17, 15) is 23.1 Å². The molecule has 3 aromatic carbocycles. The van der Waals surface area contributed by atoms with Crippen molar-refractivity contribution in [2.75, 3.05) is 5.32 Å². The summed E-state index contributed by atoms with van der Waals surface area (Å²) < 4.78 is 40.7. The molecule has 36 heavy (non-hydrogen) atoms. The summed E-state index contributed by atoms with van der Waals surface area (Å²) in [7, 11) is 0. The van der Waals surface area contributed by atoms with Crippen LogP contribution in [0, 0.1) is 0 Å². The SMILES string of the molecule is O=C(Nc1cccc(-c2ccnc3c(-c4cccc(CO)c4)cnn23)c1)c1cccc(C(F)(F)F)c1. The van der Waals surface area contributed by atoms with Gasteiger partial charge in [0, 0.05) is 28.6 Å². The molecule has 6 nitrogen and oxygen atoms in total. The van der Waals surface area contributed by atoms with Crippen LogP contribution >= 0.6 is 0 Å². The molecule has 0 unspecified atom stereocenters. The predicted octanol–water partition coefficient (Wildman–Crippen LogP) is 5.83. The number of carbonyl (C=O) groups is 1. The first-order valence-electron chi connectivity index (χ1n) is 11.0. The zero-order valence-electron chi connectivity index (χ0n) is 18.7. The number of amides is 1. The highest BCUT2D eigenvalue weighted by molar-refractivity contribution is 6.04. The van der Waals surface area contributed by atoms with Crippen LogP contribution in [0.25, 0.3) is 28.0 Å². The first-order chi connectivity index (χ1) is 17.3. The predicted molar refractivity (Wildman–Crippen MR) is 129 cm³/mol. The molecule has 2 N–H and O–H groups in total. The number of carbonyl (C=O) groups excluding carboxylic acids is 1. The molecular formula is C27H19F3N4O2. The molecule has 1 amide bonds. The summed E-state index contributed by atoms with van der Waals surface area (Å²) in [5.41, 5.74) is 3.91. The van der Waals surface area contributed by atoms with Gasteiger partial charge in [0.15, 0.2) is 5.65 Å². The third kappa shape index (κ3) is 4.56. The fourth-order valence-electron chi connectivity index (χ4n) is 3.95. The average Bonchev–Trinajstić information content (AvgIpc) is 3.33. The van der Waals surface area contributed by atoms with Gasteiger partial charge in [-0.2, -0.15) is 18.3 Å². The molecule has 0 bridgehead atoms. The van der Waals surface area contributed by atoms with Gasteiger partial charge in [0.1, 0.15) is 0 Å². The average molecular weight is 488 g/mol. The number of aromatic nitrogens is 3. The maximum Gasteiger partial charge on any atom is 0.416 e. The lowest BCUT2D eigenvalue weighted by Crippen LogP contribution is -2.14. The minimum absolute atomic E-state index is 0.0786. The van der Waals surface area contributed by atoms with E-state index in [4.69, 9.17) is 0 Å². The number of aliphatic hydroxyl groups excluding tert-OH is 1. The van der Waals surface area contributed by atoms with Gasteiger partial charge in [0.25, 0.3) is 5.91 Å². The summed E-state index contributed by atoms with van der Waals surface area (Å²) in [6, 6.07) is 20.5. The molecule has 0 radical (unpaired) electrons. The van der Waals surface area contributed by atoms with Gasteiger partial charge in [-0.15, -0.1) is 0 Å². The molecule has 2 aromatic heterocycles. The highest BCUT2D eigenvalue weighted by atomic mass is 19.4. The van der Waals surface area contributed by atoms with Crippen molar-refractivity contribution in [3.63, 3.8) is 0 Å². The Labute approximate surface area is 203 Å². The van der Waals surface area contributed by atoms with Gasteiger partial charge < -0.3 is 10.4 Å². The van der Waals surface area contributed by atoms with Crippen molar-refractivity contribution >= 4 is 17.2 Å². The van der Waals surface area contributed by atoms with Crippen LogP contribution in [-0.2, 0) is 12.8 Å². The highest BCUT2D eigenvalue weighted by Crippen LogP contribution is 2.31. The van der Waals surface area contributed by atoms with Crippen LogP contribution in [-0.4, -0.2) is 25.6 Å². The molecule has 2 heterocycles. The summed E-state index contributed by atoms with van der Waals surface area (Å²) in [6.45, 7) is -0.0786. The van der Waals surface area contributed by atoms with E-state index >= 15 is 0 Å². The standard InChI is InChI=1S/C27H19F3N4O2/c28-27(29,30)21-8-2-7-20(13-21)26(36)33-22-9-3-6-19(14-22)24-10-11-31-25-23(15-32-34(24)25)18-5-1-4-17(12-18)16-35/h1-15,35H,16H2,(H,33,36). The number of hydrogen-bond acceptors (Lipinski definition) is 4. The minimum Gasteiger partial charge on any atom is -0.392 e. The molecular weight excluding hydrogens is 469 g/mol. The van der Waals surface area contributed by atoms with E-state index in [0.717, 1.165) is 34.4 Å². The Balaban J connectivity index is 1.46. The Morgan fingerprint density at radius 2 is 1.72 bits per heavy atom. The smallest absolute Gasteiger partial charge is 0.392 e. The molecule has 9 heteroatoms. The van der Waals surface area contributed by atoms with Gasteiger partial charge in [-0.05, 0) is 53.6 Å². The van der Waals surface area contributed by atoms with E-state index in [1.807, 2.05) is 30.3 Å². The molecule has 0 saturated heterocycles. The van der Waals surface area contributed by atoms with Crippen LogP contribution in [0.2, 0.25) is 0 Å². The Kier molecular flexibility index (Phi) is 5.99. The van der Waals surface area contributed by atoms with E-state index in [0.29, 0.717) is 17.0 Å². The number of halogens is 3. The van der Waals surface area contributed by atoms with Gasteiger partial charge in [-0.1, -0.05) is 36.4 Å². The van der Waals surface area contributed by atoms with Gasteiger partial charge in [-0.3, -0.25) is 4.79 Å². The van der Waals surface area contributed by atoms with Crippen molar-refractivity contribution in [3.05, 3.63) is 108 Å². The van der Waals surface area contributed by atoms with Crippen LogP contribution in [0.1, 0.15) is 21.5 Å². The number of nitrogens with zero attached hydrogens (tertiary/aromatic N) is 3. The number of fused-ring (bicyclic) bond motifs is 1. The molecule has 0 atom stereocenters. The van der Waals surface area contributed by atoms with E-state index < -0.39 is 17.6 Å². The summed E-state index contributed by atoms with van der Waals surface area (Å²) in [5, 5.41) is 16.6. The molecule has 5 rings (SSSR count). The van der Waals surface area contributed by atoms with Gasteiger partial charge in [0.2, 0.25) is 0 Å². The second-order valence-corrected chi connectivity index (χ2v) is 8.10. The van der Waals surface area contributed by atoms with Crippen LogP contribution in [0.5, 0.6) is 0 Å². The zero-order valence-corrected chi connectivity index (χ0v) is 18.7. The largest absolute Gasteiger partial charge is 0.416 e. The molecule has 0 aliphatic heterocycles. The lowest BCUT2D eigenvalue weighted by Gasteiger charge is -2.11.